The summed E-state index contributed by atoms with van der Waals surface area (Å²) in [6.07, 6.45) is -0.230. The summed E-state index contributed by atoms with van der Waals surface area (Å²) in [7, 11) is 0. The summed E-state index contributed by atoms with van der Waals surface area (Å²) >= 11 is 0. The summed E-state index contributed by atoms with van der Waals surface area (Å²) in [5.74, 6) is -4.14. The average Bonchev–Trinajstić information content (AvgIpc) is 2.51. The lowest BCUT2D eigenvalue weighted by molar-refractivity contribution is -0.00474. The second-order valence-electron chi connectivity index (χ2n) is 5.98. The lowest BCUT2D eigenvalue weighted by atomic mass is 10.1. The smallest absolute Gasteiger partial charge is 0.318 e. The molecule has 0 spiro atoms. The van der Waals surface area contributed by atoms with Gasteiger partial charge < -0.3 is 20.1 Å². The van der Waals surface area contributed by atoms with Crippen molar-refractivity contribution in [1.29, 1.82) is 0 Å². The standard InChI is InChI=1S/C16H21F3N2O3/c1-9(22)5-12-8-24-4-3-21(12)16(23)20-10(2)11-6-13(17)15(19)14(18)7-11/h6-7,9-10,12,22H,3-5,8H2,1-2H3,(H,20,23)/t9-,10+,12+/m0/s1. The van der Waals surface area contributed by atoms with E-state index in [9.17, 15) is 23.1 Å². The van der Waals surface area contributed by atoms with Crippen molar-refractivity contribution >= 4 is 6.03 Å². The molecule has 1 fully saturated rings. The molecule has 134 valence electrons. The second-order valence-corrected chi connectivity index (χ2v) is 5.98. The quantitative estimate of drug-likeness (QED) is 0.823. The minimum Gasteiger partial charge on any atom is -0.393 e. The van der Waals surface area contributed by atoms with Gasteiger partial charge in [-0.25, -0.2) is 18.0 Å². The number of nitrogens with one attached hydrogen (secondary N) is 1. The van der Waals surface area contributed by atoms with E-state index >= 15 is 0 Å². The molecule has 1 saturated heterocycles. The largest absolute Gasteiger partial charge is 0.393 e. The zero-order valence-electron chi connectivity index (χ0n) is 13.6. The van der Waals surface area contributed by atoms with E-state index in [0.29, 0.717) is 26.2 Å². The van der Waals surface area contributed by atoms with Crippen LogP contribution in [-0.2, 0) is 4.74 Å². The minimum absolute atomic E-state index is 0.125. The van der Waals surface area contributed by atoms with Crippen LogP contribution in [0.3, 0.4) is 0 Å². The molecular formula is C16H21F3N2O3. The Hall–Kier alpha value is -1.80. The third kappa shape index (κ3) is 4.39. The van der Waals surface area contributed by atoms with E-state index in [1.54, 1.807) is 13.8 Å². The van der Waals surface area contributed by atoms with Gasteiger partial charge in [0.1, 0.15) is 0 Å². The number of aliphatic hydroxyl groups is 1. The second kappa shape index (κ2) is 7.85. The molecule has 24 heavy (non-hydrogen) atoms. The zero-order valence-corrected chi connectivity index (χ0v) is 13.6. The van der Waals surface area contributed by atoms with Crippen molar-refractivity contribution in [1.82, 2.24) is 10.2 Å². The topological polar surface area (TPSA) is 61.8 Å². The van der Waals surface area contributed by atoms with E-state index in [1.807, 2.05) is 0 Å². The number of hydrogen-bond acceptors (Lipinski definition) is 3. The molecule has 5 nitrogen and oxygen atoms in total. The van der Waals surface area contributed by atoms with Crippen molar-refractivity contribution in [2.75, 3.05) is 19.8 Å². The van der Waals surface area contributed by atoms with Crippen LogP contribution >= 0.6 is 0 Å². The van der Waals surface area contributed by atoms with E-state index in [-0.39, 0.29) is 11.6 Å². The molecule has 2 amide bonds. The van der Waals surface area contributed by atoms with Crippen LogP contribution in [0, 0.1) is 17.5 Å². The molecule has 2 rings (SSSR count). The fraction of sp³-hybridized carbons (Fsp3) is 0.562. The van der Waals surface area contributed by atoms with Crippen molar-refractivity contribution < 1.29 is 27.8 Å². The number of nitrogens with zero attached hydrogens (tertiary/aromatic N) is 1. The molecule has 1 heterocycles. The molecule has 0 saturated carbocycles. The first-order valence-corrected chi connectivity index (χ1v) is 7.77. The minimum atomic E-state index is -1.54. The Morgan fingerprint density at radius 1 is 1.38 bits per heavy atom. The van der Waals surface area contributed by atoms with Crippen LogP contribution < -0.4 is 5.32 Å². The molecule has 1 aromatic carbocycles. The van der Waals surface area contributed by atoms with Crippen molar-refractivity contribution in [3.63, 3.8) is 0 Å². The molecular weight excluding hydrogens is 325 g/mol. The van der Waals surface area contributed by atoms with Gasteiger partial charge in [0.2, 0.25) is 0 Å². The Labute approximate surface area is 138 Å². The van der Waals surface area contributed by atoms with E-state index in [2.05, 4.69) is 5.32 Å². The fourth-order valence-electron chi connectivity index (χ4n) is 2.69. The summed E-state index contributed by atoms with van der Waals surface area (Å²) in [5.41, 5.74) is 0.125. The van der Waals surface area contributed by atoms with Gasteiger partial charge in [-0.05, 0) is 38.0 Å². The Morgan fingerprint density at radius 3 is 2.58 bits per heavy atom. The van der Waals surface area contributed by atoms with Crippen LogP contribution in [0.25, 0.3) is 0 Å². The van der Waals surface area contributed by atoms with Crippen LogP contribution in [0.15, 0.2) is 12.1 Å². The molecule has 3 atom stereocenters. The Kier molecular flexibility index (Phi) is 6.06. The van der Waals surface area contributed by atoms with Gasteiger partial charge in [-0.3, -0.25) is 0 Å². The summed E-state index contributed by atoms with van der Waals surface area (Å²) < 4.78 is 45.0. The van der Waals surface area contributed by atoms with Crippen LogP contribution in [0.1, 0.15) is 31.9 Å². The van der Waals surface area contributed by atoms with Crippen LogP contribution in [0.2, 0.25) is 0 Å². The number of urea groups is 1. The lowest BCUT2D eigenvalue weighted by Crippen LogP contribution is -2.53. The Morgan fingerprint density at radius 2 is 2.00 bits per heavy atom. The first-order chi connectivity index (χ1) is 11.3. The van der Waals surface area contributed by atoms with Crippen molar-refractivity contribution in [2.24, 2.45) is 0 Å². The number of rotatable bonds is 4. The van der Waals surface area contributed by atoms with E-state index in [1.165, 1.54) is 4.90 Å². The first-order valence-electron chi connectivity index (χ1n) is 7.77. The number of aliphatic hydroxyl groups excluding tert-OH is 1. The molecule has 1 aliphatic heterocycles. The van der Waals surface area contributed by atoms with Crippen LogP contribution in [0.5, 0.6) is 0 Å². The third-order valence-electron chi connectivity index (χ3n) is 3.95. The van der Waals surface area contributed by atoms with Gasteiger partial charge in [-0.15, -0.1) is 0 Å². The first kappa shape index (κ1) is 18.5. The maximum absolute atomic E-state index is 13.3. The predicted molar refractivity (Wildman–Crippen MR) is 80.9 cm³/mol. The molecule has 0 bridgehead atoms. The average molecular weight is 346 g/mol. The molecule has 0 radical (unpaired) electrons. The number of carbonyl (C=O) groups excluding carboxylic acids is 1. The summed E-state index contributed by atoms with van der Waals surface area (Å²) in [5, 5.41) is 12.2. The Balaban J connectivity index is 2.07. The Bertz CT molecular complexity index is 575. The van der Waals surface area contributed by atoms with Gasteiger partial charge in [-0.1, -0.05) is 0 Å². The van der Waals surface area contributed by atoms with Gasteiger partial charge in [-0.2, -0.15) is 0 Å². The highest BCUT2D eigenvalue weighted by Gasteiger charge is 2.29. The third-order valence-corrected chi connectivity index (χ3v) is 3.95. The molecule has 1 aromatic rings. The van der Waals surface area contributed by atoms with E-state index in [4.69, 9.17) is 4.74 Å². The van der Waals surface area contributed by atoms with Gasteiger partial charge in [0.05, 0.1) is 31.4 Å². The van der Waals surface area contributed by atoms with Crippen molar-refractivity contribution in [2.45, 2.75) is 38.5 Å². The van der Waals surface area contributed by atoms with Crippen molar-refractivity contribution in [3.8, 4) is 0 Å². The maximum atomic E-state index is 13.3. The number of hydrogen-bond donors (Lipinski definition) is 2. The van der Waals surface area contributed by atoms with Crippen molar-refractivity contribution in [3.05, 3.63) is 35.1 Å². The number of amides is 2. The van der Waals surface area contributed by atoms with Gasteiger partial charge in [0, 0.05) is 6.54 Å². The zero-order chi connectivity index (χ0) is 17.9. The van der Waals surface area contributed by atoms with E-state index < -0.39 is 35.6 Å². The molecule has 1 aliphatic rings. The number of benzene rings is 1. The van der Waals surface area contributed by atoms with E-state index in [0.717, 1.165) is 12.1 Å². The molecule has 0 aromatic heterocycles. The molecule has 0 aliphatic carbocycles. The highest BCUT2D eigenvalue weighted by atomic mass is 19.2. The number of morpholine rings is 1. The molecule has 8 heteroatoms. The van der Waals surface area contributed by atoms with Crippen LogP contribution in [0.4, 0.5) is 18.0 Å². The lowest BCUT2D eigenvalue weighted by Gasteiger charge is -2.37. The summed E-state index contributed by atoms with van der Waals surface area (Å²) in [4.78, 5) is 14.0. The molecule has 0 unspecified atom stereocenters. The predicted octanol–water partition coefficient (Wildman–Crippen LogP) is 2.35. The normalized spacial score (nSPS) is 20.6. The highest BCUT2D eigenvalue weighted by Crippen LogP contribution is 2.20. The monoisotopic (exact) mass is 346 g/mol. The summed E-state index contributed by atoms with van der Waals surface area (Å²) in [6, 6.07) is 0.290. The number of halogens is 3. The van der Waals surface area contributed by atoms with Crippen LogP contribution in [-0.4, -0.2) is 47.9 Å². The SMILES string of the molecule is C[C@H](O)C[C@@H]1COCCN1C(=O)N[C@H](C)c1cc(F)c(F)c(F)c1. The number of carbonyl (C=O) groups is 1. The fourth-order valence-corrected chi connectivity index (χ4v) is 2.69. The van der Waals surface area contributed by atoms with Gasteiger partial charge in [0.25, 0.3) is 0 Å². The molecule has 2 N–H and O–H groups in total. The highest BCUT2D eigenvalue weighted by molar-refractivity contribution is 5.75. The van der Waals surface area contributed by atoms with Gasteiger partial charge in [0.15, 0.2) is 17.5 Å². The summed E-state index contributed by atoms with van der Waals surface area (Å²) in [6.45, 7) is 4.21. The van der Waals surface area contributed by atoms with Gasteiger partial charge >= 0.3 is 6.03 Å². The number of ether oxygens (including phenoxy) is 1. The maximum Gasteiger partial charge on any atom is 0.318 e.